The molecule has 0 N–H and O–H groups in total. The molecule has 29 heavy (non-hydrogen) atoms. The molecule has 6 rings (SSSR count). The highest BCUT2D eigenvalue weighted by Crippen LogP contribution is 2.60. The lowest BCUT2D eigenvalue weighted by molar-refractivity contribution is -0.135. The Morgan fingerprint density at radius 1 is 0.966 bits per heavy atom. The summed E-state index contributed by atoms with van der Waals surface area (Å²) in [5, 5.41) is 0. The van der Waals surface area contributed by atoms with Crippen LogP contribution in [0.5, 0.6) is 5.75 Å². The molecule has 0 aromatic heterocycles. The zero-order chi connectivity index (χ0) is 20.0. The lowest BCUT2D eigenvalue weighted by atomic mass is 9.48. The van der Waals surface area contributed by atoms with Gasteiger partial charge in [-0.2, -0.15) is 0 Å². The standard InChI is InChI=1S/C25H36N2O2/c1-18(2)26-7-9-27(10-8-26)24(28)17-29-23-5-3-22(4-6-23)25-14-19-11-20(15-25)13-21(12-19)16-25/h3-6,18-21H,7-17H2,1-2H3. The molecule has 1 aliphatic heterocycles. The minimum atomic E-state index is 0.110. The largest absolute Gasteiger partial charge is 0.484 e. The van der Waals surface area contributed by atoms with Gasteiger partial charge < -0.3 is 9.64 Å². The molecule has 0 unspecified atom stereocenters. The van der Waals surface area contributed by atoms with Gasteiger partial charge in [0.25, 0.3) is 5.91 Å². The summed E-state index contributed by atoms with van der Waals surface area (Å²) in [5.41, 5.74) is 1.94. The van der Waals surface area contributed by atoms with Gasteiger partial charge in [0.15, 0.2) is 6.61 Å². The molecule has 4 bridgehead atoms. The topological polar surface area (TPSA) is 32.8 Å². The van der Waals surface area contributed by atoms with Gasteiger partial charge in [-0.25, -0.2) is 0 Å². The van der Waals surface area contributed by atoms with Crippen LogP contribution in [-0.2, 0) is 10.2 Å². The van der Waals surface area contributed by atoms with Crippen LogP contribution in [0.15, 0.2) is 24.3 Å². The lowest BCUT2D eigenvalue weighted by Crippen LogP contribution is -2.51. The summed E-state index contributed by atoms with van der Waals surface area (Å²) in [5.74, 6) is 3.83. The molecule has 5 aliphatic rings. The predicted molar refractivity (Wildman–Crippen MR) is 115 cm³/mol. The quantitative estimate of drug-likeness (QED) is 0.752. The van der Waals surface area contributed by atoms with Gasteiger partial charge in [-0.3, -0.25) is 9.69 Å². The number of ether oxygens (including phenoxy) is 1. The second-order valence-corrected chi connectivity index (χ2v) is 10.5. The number of piperazine rings is 1. The fourth-order valence-corrected chi connectivity index (χ4v) is 7.09. The molecule has 5 fully saturated rings. The molecule has 1 heterocycles. The van der Waals surface area contributed by atoms with E-state index >= 15 is 0 Å². The number of carbonyl (C=O) groups is 1. The van der Waals surface area contributed by atoms with E-state index < -0.39 is 0 Å². The van der Waals surface area contributed by atoms with Crippen molar-refractivity contribution in [1.29, 1.82) is 0 Å². The van der Waals surface area contributed by atoms with Crippen molar-refractivity contribution in [2.24, 2.45) is 17.8 Å². The molecule has 0 atom stereocenters. The fourth-order valence-electron chi connectivity index (χ4n) is 7.09. The van der Waals surface area contributed by atoms with E-state index in [2.05, 4.69) is 43.0 Å². The zero-order valence-electron chi connectivity index (χ0n) is 18.1. The number of nitrogens with zero attached hydrogens (tertiary/aromatic N) is 2. The number of benzene rings is 1. The number of carbonyl (C=O) groups excluding carboxylic acids is 1. The maximum atomic E-state index is 12.5. The first-order valence-corrected chi connectivity index (χ1v) is 11.8. The summed E-state index contributed by atoms with van der Waals surface area (Å²) in [7, 11) is 0. The van der Waals surface area contributed by atoms with Crippen LogP contribution < -0.4 is 4.74 Å². The van der Waals surface area contributed by atoms with Crippen LogP contribution in [0, 0.1) is 17.8 Å². The Morgan fingerprint density at radius 2 is 1.52 bits per heavy atom. The van der Waals surface area contributed by atoms with Gasteiger partial charge in [-0.15, -0.1) is 0 Å². The van der Waals surface area contributed by atoms with Crippen molar-refractivity contribution in [2.75, 3.05) is 32.8 Å². The van der Waals surface area contributed by atoms with Gasteiger partial charge in [-0.1, -0.05) is 12.1 Å². The summed E-state index contributed by atoms with van der Waals surface area (Å²) in [6.07, 6.45) is 8.61. The molecule has 1 saturated heterocycles. The SMILES string of the molecule is CC(C)N1CCN(C(=O)COc2ccc(C34CC5CC(CC(C5)C3)C4)cc2)CC1. The highest BCUT2D eigenvalue weighted by atomic mass is 16.5. The number of hydrogen-bond acceptors (Lipinski definition) is 3. The molecule has 0 radical (unpaired) electrons. The van der Waals surface area contributed by atoms with Crippen molar-refractivity contribution < 1.29 is 9.53 Å². The van der Waals surface area contributed by atoms with Gasteiger partial charge in [0.05, 0.1) is 0 Å². The first kappa shape index (κ1) is 19.4. The smallest absolute Gasteiger partial charge is 0.260 e. The van der Waals surface area contributed by atoms with E-state index in [-0.39, 0.29) is 12.5 Å². The molecule has 1 amide bonds. The maximum absolute atomic E-state index is 12.5. The second-order valence-electron chi connectivity index (χ2n) is 10.5. The Labute approximate surface area is 175 Å². The van der Waals surface area contributed by atoms with E-state index in [1.807, 2.05) is 4.90 Å². The molecule has 158 valence electrons. The van der Waals surface area contributed by atoms with Crippen LogP contribution in [0.2, 0.25) is 0 Å². The molecule has 4 nitrogen and oxygen atoms in total. The van der Waals surface area contributed by atoms with Gasteiger partial charge in [0, 0.05) is 32.2 Å². The van der Waals surface area contributed by atoms with Crippen molar-refractivity contribution in [3.05, 3.63) is 29.8 Å². The third kappa shape index (κ3) is 3.81. The summed E-state index contributed by atoms with van der Waals surface area (Å²) < 4.78 is 5.86. The lowest BCUT2D eigenvalue weighted by Gasteiger charge is -2.57. The molecule has 0 spiro atoms. The molecule has 1 aromatic carbocycles. The van der Waals surface area contributed by atoms with E-state index in [0.717, 1.165) is 49.7 Å². The third-order valence-corrected chi connectivity index (χ3v) is 8.26. The minimum absolute atomic E-state index is 0.110. The van der Waals surface area contributed by atoms with Crippen molar-refractivity contribution in [3.63, 3.8) is 0 Å². The molecule has 4 aliphatic carbocycles. The first-order valence-electron chi connectivity index (χ1n) is 11.8. The normalized spacial score (nSPS) is 34.0. The predicted octanol–water partition coefficient (Wildman–Crippen LogP) is 4.09. The fraction of sp³-hybridized carbons (Fsp3) is 0.720. The highest BCUT2D eigenvalue weighted by Gasteiger charge is 2.51. The van der Waals surface area contributed by atoms with Crippen molar-refractivity contribution in [2.45, 2.75) is 63.8 Å². The van der Waals surface area contributed by atoms with Crippen LogP contribution in [0.3, 0.4) is 0 Å². The van der Waals surface area contributed by atoms with E-state index in [1.54, 1.807) is 0 Å². The van der Waals surface area contributed by atoms with Gasteiger partial charge >= 0.3 is 0 Å². The second kappa shape index (κ2) is 7.61. The van der Waals surface area contributed by atoms with E-state index in [0.29, 0.717) is 11.5 Å². The average Bonchev–Trinajstić information content (AvgIpc) is 2.71. The average molecular weight is 397 g/mol. The van der Waals surface area contributed by atoms with Crippen LogP contribution in [0.4, 0.5) is 0 Å². The summed E-state index contributed by atoms with van der Waals surface area (Å²) in [6.45, 7) is 8.13. The Balaban J connectivity index is 1.16. The molecular weight excluding hydrogens is 360 g/mol. The Bertz CT molecular complexity index is 698. The van der Waals surface area contributed by atoms with Crippen LogP contribution in [0.1, 0.15) is 57.9 Å². The zero-order valence-corrected chi connectivity index (χ0v) is 18.1. The molecule has 4 heteroatoms. The van der Waals surface area contributed by atoms with E-state index in [4.69, 9.17) is 4.74 Å². The van der Waals surface area contributed by atoms with Crippen LogP contribution in [-0.4, -0.2) is 54.5 Å². The van der Waals surface area contributed by atoms with Crippen molar-refractivity contribution in [3.8, 4) is 5.75 Å². The van der Waals surface area contributed by atoms with Crippen molar-refractivity contribution >= 4 is 5.91 Å². The van der Waals surface area contributed by atoms with Gasteiger partial charge in [0.1, 0.15) is 5.75 Å². The van der Waals surface area contributed by atoms with Crippen LogP contribution >= 0.6 is 0 Å². The third-order valence-electron chi connectivity index (χ3n) is 8.26. The Kier molecular flexibility index (Phi) is 5.09. The summed E-state index contributed by atoms with van der Waals surface area (Å²) >= 11 is 0. The summed E-state index contributed by atoms with van der Waals surface area (Å²) in [4.78, 5) is 16.9. The Hall–Kier alpha value is -1.55. The van der Waals surface area contributed by atoms with Gasteiger partial charge in [0.2, 0.25) is 0 Å². The van der Waals surface area contributed by atoms with E-state index in [9.17, 15) is 4.79 Å². The highest BCUT2D eigenvalue weighted by molar-refractivity contribution is 5.77. The summed E-state index contributed by atoms with van der Waals surface area (Å²) in [6, 6.07) is 9.31. The number of amides is 1. The monoisotopic (exact) mass is 396 g/mol. The van der Waals surface area contributed by atoms with Crippen molar-refractivity contribution in [1.82, 2.24) is 9.80 Å². The molecule has 4 saturated carbocycles. The maximum Gasteiger partial charge on any atom is 0.260 e. The first-order chi connectivity index (χ1) is 14.0. The Morgan fingerprint density at radius 3 is 2.03 bits per heavy atom. The number of rotatable bonds is 5. The number of hydrogen-bond donors (Lipinski definition) is 0. The van der Waals surface area contributed by atoms with Crippen LogP contribution in [0.25, 0.3) is 0 Å². The molecular formula is C25H36N2O2. The minimum Gasteiger partial charge on any atom is -0.484 e. The van der Waals surface area contributed by atoms with Gasteiger partial charge in [-0.05, 0) is 93.2 Å². The molecule has 1 aromatic rings. The van der Waals surface area contributed by atoms with E-state index in [1.165, 1.54) is 44.1 Å².